The molecule has 1 amide bonds. The van der Waals surface area contributed by atoms with E-state index in [-0.39, 0.29) is 11.8 Å². The number of para-hydroxylation sites is 2. The molecule has 6 heteroatoms. The number of fused-ring (bicyclic) bond motifs is 1. The quantitative estimate of drug-likeness (QED) is 0.719. The molecule has 0 radical (unpaired) electrons. The number of hydrogen-bond donors (Lipinski definition) is 0. The molecule has 4 rings (SSSR count). The maximum atomic E-state index is 12.8. The van der Waals surface area contributed by atoms with E-state index >= 15 is 0 Å². The largest absolute Gasteiger partial charge is 0.330 e. The van der Waals surface area contributed by atoms with Gasteiger partial charge in [-0.1, -0.05) is 12.1 Å². The highest BCUT2D eigenvalue weighted by atomic mass is 16.2. The fourth-order valence-electron chi connectivity index (χ4n) is 3.22. The Kier molecular flexibility index (Phi) is 3.82. The third kappa shape index (κ3) is 3.04. The molecule has 0 saturated heterocycles. The molecule has 6 nitrogen and oxygen atoms in total. The number of aromatic nitrogens is 4. The van der Waals surface area contributed by atoms with E-state index in [1.807, 2.05) is 54.9 Å². The summed E-state index contributed by atoms with van der Waals surface area (Å²) in [5, 5.41) is 4.51. The van der Waals surface area contributed by atoms with Crippen molar-refractivity contribution in [3.05, 3.63) is 47.5 Å². The minimum Gasteiger partial charge on any atom is -0.330 e. The van der Waals surface area contributed by atoms with Gasteiger partial charge in [-0.15, -0.1) is 0 Å². The summed E-state index contributed by atoms with van der Waals surface area (Å²) in [5.41, 5.74) is 4.07. The van der Waals surface area contributed by atoms with Crippen LogP contribution in [-0.4, -0.2) is 30.1 Å². The van der Waals surface area contributed by atoms with Crippen LogP contribution in [-0.2, 0) is 32.0 Å². The lowest BCUT2D eigenvalue weighted by Crippen LogP contribution is -2.32. The van der Waals surface area contributed by atoms with Crippen LogP contribution in [0.2, 0.25) is 0 Å². The van der Waals surface area contributed by atoms with E-state index in [2.05, 4.69) is 15.7 Å². The van der Waals surface area contributed by atoms with E-state index in [1.165, 1.54) is 0 Å². The van der Waals surface area contributed by atoms with Crippen molar-refractivity contribution in [1.82, 2.24) is 24.2 Å². The summed E-state index contributed by atoms with van der Waals surface area (Å²) in [4.78, 5) is 19.4. The van der Waals surface area contributed by atoms with Gasteiger partial charge in [0, 0.05) is 25.7 Å². The summed E-state index contributed by atoms with van der Waals surface area (Å²) in [7, 11) is 3.94. The smallest absolute Gasteiger partial charge is 0.226 e. The van der Waals surface area contributed by atoms with E-state index in [0.29, 0.717) is 13.1 Å². The number of amides is 1. The van der Waals surface area contributed by atoms with Crippen molar-refractivity contribution in [1.29, 1.82) is 0 Å². The standard InChI is InChI=1S/C19H23N5O/c1-13-10-15(21-23(13)3)11-24(19(25)14-8-9-14)12-18-20-16-6-4-5-7-17(16)22(18)2/h4-7,10,14H,8-9,11-12H2,1-3H3. The van der Waals surface area contributed by atoms with Crippen LogP contribution in [0.25, 0.3) is 11.0 Å². The molecule has 0 atom stereocenters. The molecule has 0 unspecified atom stereocenters. The fraction of sp³-hybridized carbons (Fsp3) is 0.421. The van der Waals surface area contributed by atoms with Crippen molar-refractivity contribution in [2.45, 2.75) is 32.9 Å². The van der Waals surface area contributed by atoms with Gasteiger partial charge < -0.3 is 9.47 Å². The molecule has 25 heavy (non-hydrogen) atoms. The van der Waals surface area contributed by atoms with Crippen LogP contribution in [0.3, 0.4) is 0 Å². The summed E-state index contributed by atoms with van der Waals surface area (Å²) in [6, 6.07) is 10.1. The number of imidazole rings is 1. The second kappa shape index (κ2) is 6.02. The fourth-order valence-corrected chi connectivity index (χ4v) is 3.22. The van der Waals surface area contributed by atoms with Gasteiger partial charge in [-0.3, -0.25) is 9.48 Å². The molecule has 130 valence electrons. The molecule has 0 aliphatic heterocycles. The van der Waals surface area contributed by atoms with Crippen LogP contribution < -0.4 is 0 Å². The molecule has 2 aromatic heterocycles. The maximum absolute atomic E-state index is 12.8. The number of hydrogen-bond acceptors (Lipinski definition) is 3. The van der Waals surface area contributed by atoms with Gasteiger partial charge in [0.1, 0.15) is 5.82 Å². The van der Waals surface area contributed by atoms with E-state index in [1.54, 1.807) is 0 Å². The lowest BCUT2D eigenvalue weighted by Gasteiger charge is -2.21. The first-order valence-electron chi connectivity index (χ1n) is 8.71. The molecule has 0 N–H and O–H groups in total. The topological polar surface area (TPSA) is 56.0 Å². The van der Waals surface area contributed by atoms with Gasteiger partial charge in [0.2, 0.25) is 5.91 Å². The van der Waals surface area contributed by atoms with Crippen LogP contribution in [0.15, 0.2) is 30.3 Å². The highest BCUT2D eigenvalue weighted by molar-refractivity contribution is 5.81. The number of carbonyl (C=O) groups excluding carboxylic acids is 1. The van der Waals surface area contributed by atoms with Gasteiger partial charge in [0.05, 0.1) is 29.8 Å². The van der Waals surface area contributed by atoms with E-state index in [4.69, 9.17) is 4.98 Å². The number of aryl methyl sites for hydroxylation is 3. The van der Waals surface area contributed by atoms with Crippen LogP contribution in [0, 0.1) is 12.8 Å². The zero-order valence-corrected chi connectivity index (χ0v) is 14.9. The van der Waals surface area contributed by atoms with Crippen LogP contribution in [0.1, 0.15) is 30.1 Å². The average Bonchev–Trinajstić information content (AvgIpc) is 3.33. The third-order valence-corrected chi connectivity index (χ3v) is 4.97. The Hall–Kier alpha value is -2.63. The van der Waals surface area contributed by atoms with Crippen LogP contribution >= 0.6 is 0 Å². The Morgan fingerprint density at radius 1 is 1.24 bits per heavy atom. The lowest BCUT2D eigenvalue weighted by atomic mass is 10.3. The number of nitrogens with zero attached hydrogens (tertiary/aromatic N) is 5. The average molecular weight is 337 g/mol. The predicted molar refractivity (Wildman–Crippen MR) is 95.6 cm³/mol. The summed E-state index contributed by atoms with van der Waals surface area (Å²) in [6.07, 6.45) is 2.00. The summed E-state index contributed by atoms with van der Waals surface area (Å²) >= 11 is 0. The molecular formula is C19H23N5O. The highest BCUT2D eigenvalue weighted by Gasteiger charge is 2.34. The third-order valence-electron chi connectivity index (χ3n) is 4.97. The van der Waals surface area contributed by atoms with Gasteiger partial charge in [0.25, 0.3) is 0 Å². The van der Waals surface area contributed by atoms with Crippen molar-refractivity contribution in [2.24, 2.45) is 20.0 Å². The Morgan fingerprint density at radius 2 is 2.00 bits per heavy atom. The molecule has 1 aliphatic carbocycles. The van der Waals surface area contributed by atoms with Gasteiger partial charge in [-0.25, -0.2) is 4.98 Å². The minimum absolute atomic E-state index is 0.180. The van der Waals surface area contributed by atoms with Crippen molar-refractivity contribution in [3.8, 4) is 0 Å². The van der Waals surface area contributed by atoms with Gasteiger partial charge >= 0.3 is 0 Å². The first-order chi connectivity index (χ1) is 12.0. The molecular weight excluding hydrogens is 314 g/mol. The van der Waals surface area contributed by atoms with Crippen molar-refractivity contribution in [3.63, 3.8) is 0 Å². The molecule has 0 bridgehead atoms. The zero-order chi connectivity index (χ0) is 17.6. The van der Waals surface area contributed by atoms with Crippen molar-refractivity contribution in [2.75, 3.05) is 0 Å². The number of benzene rings is 1. The Labute approximate surface area is 147 Å². The first-order valence-corrected chi connectivity index (χ1v) is 8.71. The zero-order valence-electron chi connectivity index (χ0n) is 14.9. The van der Waals surface area contributed by atoms with E-state index in [0.717, 1.165) is 41.1 Å². The Balaban J connectivity index is 1.63. The Morgan fingerprint density at radius 3 is 2.64 bits per heavy atom. The SMILES string of the molecule is Cc1cc(CN(Cc2nc3ccccc3n2C)C(=O)C2CC2)nn1C. The first kappa shape index (κ1) is 15.9. The molecule has 1 saturated carbocycles. The molecule has 2 heterocycles. The van der Waals surface area contributed by atoms with Crippen molar-refractivity contribution >= 4 is 16.9 Å². The molecule has 1 fully saturated rings. The second-order valence-electron chi connectivity index (χ2n) is 6.94. The molecule has 3 aromatic rings. The summed E-state index contributed by atoms with van der Waals surface area (Å²) in [5.74, 6) is 1.30. The Bertz CT molecular complexity index is 915. The maximum Gasteiger partial charge on any atom is 0.226 e. The van der Waals surface area contributed by atoms with E-state index < -0.39 is 0 Å². The summed E-state index contributed by atoms with van der Waals surface area (Å²) in [6.45, 7) is 3.06. The minimum atomic E-state index is 0.180. The van der Waals surface area contributed by atoms with Gasteiger partial charge in [-0.2, -0.15) is 5.10 Å². The molecule has 1 aromatic carbocycles. The monoisotopic (exact) mass is 337 g/mol. The van der Waals surface area contributed by atoms with E-state index in [9.17, 15) is 4.79 Å². The van der Waals surface area contributed by atoms with Crippen LogP contribution in [0.5, 0.6) is 0 Å². The normalized spacial score (nSPS) is 14.2. The van der Waals surface area contributed by atoms with Crippen LogP contribution in [0.4, 0.5) is 0 Å². The van der Waals surface area contributed by atoms with Gasteiger partial charge in [0.15, 0.2) is 0 Å². The number of rotatable bonds is 5. The number of carbonyl (C=O) groups is 1. The highest BCUT2D eigenvalue weighted by Crippen LogP contribution is 2.32. The van der Waals surface area contributed by atoms with Gasteiger partial charge in [-0.05, 0) is 38.0 Å². The summed E-state index contributed by atoms with van der Waals surface area (Å²) < 4.78 is 3.93. The molecule has 1 aliphatic rings. The second-order valence-corrected chi connectivity index (χ2v) is 6.94. The lowest BCUT2D eigenvalue weighted by molar-refractivity contribution is -0.134. The van der Waals surface area contributed by atoms with Crippen molar-refractivity contribution < 1.29 is 4.79 Å². The molecule has 0 spiro atoms. The predicted octanol–water partition coefficient (Wildman–Crippen LogP) is 2.55.